The van der Waals surface area contributed by atoms with Crippen LogP contribution in [0.1, 0.15) is 21.1 Å². The predicted octanol–water partition coefficient (Wildman–Crippen LogP) is 3.84. The van der Waals surface area contributed by atoms with Crippen molar-refractivity contribution in [2.24, 2.45) is 0 Å². The smallest absolute Gasteiger partial charge is 0.273 e. The molecule has 0 fully saturated rings. The normalized spacial score (nSPS) is 10.7. The summed E-state index contributed by atoms with van der Waals surface area (Å²) in [4.78, 5) is 16.4. The van der Waals surface area contributed by atoms with Crippen molar-refractivity contribution < 1.29 is 9.32 Å². The van der Waals surface area contributed by atoms with Crippen LogP contribution in [0.3, 0.4) is 0 Å². The topological polar surface area (TPSA) is 68.0 Å². The fourth-order valence-electron chi connectivity index (χ4n) is 2.08. The summed E-state index contributed by atoms with van der Waals surface area (Å²) < 4.78 is 6.22. The molecular formula is C16H14BrN3O2S. The van der Waals surface area contributed by atoms with E-state index in [9.17, 15) is 4.79 Å². The van der Waals surface area contributed by atoms with Crippen LogP contribution in [0.2, 0.25) is 0 Å². The zero-order valence-electron chi connectivity index (χ0n) is 12.4. The summed E-state index contributed by atoms with van der Waals surface area (Å²) in [5.41, 5.74) is 2.12. The summed E-state index contributed by atoms with van der Waals surface area (Å²) in [6.45, 7) is 2.45. The second kappa shape index (κ2) is 7.06. The number of hydrogen-bond acceptors (Lipinski definition) is 5. The van der Waals surface area contributed by atoms with Crippen molar-refractivity contribution >= 4 is 33.2 Å². The van der Waals surface area contributed by atoms with Crippen LogP contribution in [0.4, 0.5) is 0 Å². The minimum absolute atomic E-state index is 0.248. The monoisotopic (exact) mass is 391 g/mol. The van der Waals surface area contributed by atoms with Gasteiger partial charge in [0.05, 0.1) is 5.01 Å². The average Bonchev–Trinajstić information content (AvgIpc) is 3.16. The van der Waals surface area contributed by atoms with Gasteiger partial charge in [-0.25, -0.2) is 4.98 Å². The Morgan fingerprint density at radius 3 is 3.00 bits per heavy atom. The maximum Gasteiger partial charge on any atom is 0.273 e. The van der Waals surface area contributed by atoms with E-state index in [0.29, 0.717) is 18.0 Å². The largest absolute Gasteiger partial charge is 0.354 e. The molecule has 3 aromatic rings. The van der Waals surface area contributed by atoms with E-state index in [-0.39, 0.29) is 11.6 Å². The zero-order chi connectivity index (χ0) is 16.2. The van der Waals surface area contributed by atoms with Crippen molar-refractivity contribution in [3.05, 3.63) is 56.4 Å². The quantitative estimate of drug-likeness (QED) is 0.717. The second-order valence-electron chi connectivity index (χ2n) is 4.96. The van der Waals surface area contributed by atoms with Crippen molar-refractivity contribution in [3.8, 4) is 11.5 Å². The lowest BCUT2D eigenvalue weighted by atomic mass is 10.1. The van der Waals surface area contributed by atoms with Crippen molar-refractivity contribution in [1.29, 1.82) is 0 Å². The third kappa shape index (κ3) is 4.05. The Kier molecular flexibility index (Phi) is 4.88. The van der Waals surface area contributed by atoms with Gasteiger partial charge in [0, 0.05) is 22.5 Å². The van der Waals surface area contributed by atoms with Crippen LogP contribution in [-0.4, -0.2) is 22.6 Å². The summed E-state index contributed by atoms with van der Waals surface area (Å²) in [6.07, 6.45) is 0.751. The lowest BCUT2D eigenvalue weighted by molar-refractivity contribution is 0.0945. The van der Waals surface area contributed by atoms with Gasteiger partial charge in [-0.3, -0.25) is 4.79 Å². The Bertz CT molecular complexity index is 828. The minimum Gasteiger partial charge on any atom is -0.354 e. The Balaban J connectivity index is 1.57. The van der Waals surface area contributed by atoms with Crippen LogP contribution >= 0.6 is 27.3 Å². The number of thiazole rings is 1. The van der Waals surface area contributed by atoms with Gasteiger partial charge in [0.15, 0.2) is 11.5 Å². The molecule has 2 aromatic heterocycles. The third-order valence-electron chi connectivity index (χ3n) is 3.20. The Labute approximate surface area is 145 Å². The van der Waals surface area contributed by atoms with Crippen LogP contribution in [0.5, 0.6) is 0 Å². The maximum absolute atomic E-state index is 12.1. The molecule has 5 nitrogen and oxygen atoms in total. The summed E-state index contributed by atoms with van der Waals surface area (Å²) in [5, 5.41) is 9.47. The molecule has 0 saturated carbocycles. The predicted molar refractivity (Wildman–Crippen MR) is 92.5 cm³/mol. The number of carbonyl (C=O) groups is 1. The average molecular weight is 392 g/mol. The number of amides is 1. The molecular weight excluding hydrogens is 378 g/mol. The van der Waals surface area contributed by atoms with E-state index in [4.69, 9.17) is 4.52 Å². The number of aryl methyl sites for hydroxylation is 1. The molecule has 118 valence electrons. The molecule has 0 saturated heterocycles. The first-order chi connectivity index (χ1) is 11.1. The molecule has 0 unspecified atom stereocenters. The number of benzene rings is 1. The van der Waals surface area contributed by atoms with E-state index in [2.05, 4.69) is 31.4 Å². The number of hydrogen-bond donors (Lipinski definition) is 1. The molecule has 0 aliphatic carbocycles. The van der Waals surface area contributed by atoms with E-state index in [1.54, 1.807) is 6.07 Å². The van der Waals surface area contributed by atoms with Gasteiger partial charge in [0.2, 0.25) is 0 Å². The lowest BCUT2D eigenvalue weighted by Crippen LogP contribution is -2.25. The van der Waals surface area contributed by atoms with Gasteiger partial charge in [-0.2, -0.15) is 0 Å². The highest BCUT2D eigenvalue weighted by molar-refractivity contribution is 9.10. The molecule has 1 amide bonds. The number of nitrogens with zero attached hydrogens (tertiary/aromatic N) is 2. The van der Waals surface area contributed by atoms with Gasteiger partial charge in [-0.05, 0) is 31.0 Å². The molecule has 0 radical (unpaired) electrons. The Morgan fingerprint density at radius 2 is 2.26 bits per heavy atom. The van der Waals surface area contributed by atoms with E-state index >= 15 is 0 Å². The van der Waals surface area contributed by atoms with Gasteiger partial charge in [-0.1, -0.05) is 33.2 Å². The van der Waals surface area contributed by atoms with E-state index in [1.807, 2.05) is 36.6 Å². The highest BCUT2D eigenvalue weighted by Crippen LogP contribution is 2.22. The van der Waals surface area contributed by atoms with Crippen molar-refractivity contribution in [2.45, 2.75) is 13.3 Å². The van der Waals surface area contributed by atoms with Gasteiger partial charge in [-0.15, -0.1) is 11.3 Å². The first-order valence-corrected chi connectivity index (χ1v) is 8.71. The molecule has 23 heavy (non-hydrogen) atoms. The second-order valence-corrected chi connectivity index (χ2v) is 6.94. The first kappa shape index (κ1) is 15.9. The van der Waals surface area contributed by atoms with Crippen molar-refractivity contribution in [3.63, 3.8) is 0 Å². The minimum atomic E-state index is -0.248. The third-order valence-corrected chi connectivity index (χ3v) is 4.47. The van der Waals surface area contributed by atoms with Gasteiger partial charge >= 0.3 is 0 Å². The number of aromatic nitrogens is 2. The zero-order valence-corrected chi connectivity index (χ0v) is 14.8. The van der Waals surface area contributed by atoms with Gasteiger partial charge in [0.1, 0.15) is 5.69 Å². The standard InChI is InChI=1S/C16H14BrN3O2S/c1-10-19-14(9-23-10)15-8-13(20-22-15)16(21)18-6-5-11-3-2-4-12(17)7-11/h2-4,7-9H,5-6H2,1H3,(H,18,21). The molecule has 1 N–H and O–H groups in total. The van der Waals surface area contributed by atoms with Crippen LogP contribution in [-0.2, 0) is 6.42 Å². The lowest BCUT2D eigenvalue weighted by Gasteiger charge is -2.03. The summed E-state index contributed by atoms with van der Waals surface area (Å²) in [7, 11) is 0. The fourth-order valence-corrected chi connectivity index (χ4v) is 3.13. The number of nitrogens with one attached hydrogen (secondary N) is 1. The number of rotatable bonds is 5. The summed E-state index contributed by atoms with van der Waals surface area (Å²) in [5.74, 6) is 0.258. The summed E-state index contributed by atoms with van der Waals surface area (Å²) >= 11 is 4.96. The Morgan fingerprint density at radius 1 is 1.39 bits per heavy atom. The summed E-state index contributed by atoms with van der Waals surface area (Å²) in [6, 6.07) is 9.61. The van der Waals surface area contributed by atoms with Crippen LogP contribution in [0.25, 0.3) is 11.5 Å². The molecule has 3 rings (SSSR count). The number of carbonyl (C=O) groups excluding carboxylic acids is 1. The molecule has 0 aliphatic heterocycles. The highest BCUT2D eigenvalue weighted by Gasteiger charge is 2.14. The first-order valence-electron chi connectivity index (χ1n) is 7.03. The highest BCUT2D eigenvalue weighted by atomic mass is 79.9. The molecule has 1 aromatic carbocycles. The van der Waals surface area contributed by atoms with Crippen molar-refractivity contribution in [2.75, 3.05) is 6.54 Å². The van der Waals surface area contributed by atoms with Gasteiger partial charge < -0.3 is 9.84 Å². The Hall–Kier alpha value is -1.99. The van der Waals surface area contributed by atoms with E-state index in [1.165, 1.54) is 11.3 Å². The SMILES string of the molecule is Cc1nc(-c2cc(C(=O)NCCc3cccc(Br)c3)no2)cs1. The molecule has 0 spiro atoms. The molecule has 0 atom stereocenters. The molecule has 0 bridgehead atoms. The maximum atomic E-state index is 12.1. The van der Waals surface area contributed by atoms with E-state index in [0.717, 1.165) is 21.5 Å². The van der Waals surface area contributed by atoms with Crippen LogP contribution in [0, 0.1) is 6.92 Å². The fraction of sp³-hybridized carbons (Fsp3) is 0.188. The molecule has 0 aliphatic rings. The van der Waals surface area contributed by atoms with E-state index < -0.39 is 0 Å². The molecule has 7 heteroatoms. The number of halogens is 1. The van der Waals surface area contributed by atoms with Crippen LogP contribution in [0.15, 0.2) is 44.7 Å². The van der Waals surface area contributed by atoms with Gasteiger partial charge in [0.25, 0.3) is 5.91 Å². The van der Waals surface area contributed by atoms with Crippen molar-refractivity contribution in [1.82, 2.24) is 15.5 Å². The molecule has 2 heterocycles. The van der Waals surface area contributed by atoms with Crippen LogP contribution < -0.4 is 5.32 Å².